The van der Waals surface area contributed by atoms with Gasteiger partial charge in [-0.3, -0.25) is 4.79 Å². The number of hydrogen-bond donors (Lipinski definition) is 1. The van der Waals surface area contributed by atoms with Crippen molar-refractivity contribution < 1.29 is 4.79 Å². The summed E-state index contributed by atoms with van der Waals surface area (Å²) in [5.74, 6) is -0.0695. The van der Waals surface area contributed by atoms with Gasteiger partial charge in [-0.05, 0) is 42.8 Å². The first-order valence-corrected chi connectivity index (χ1v) is 8.03. The van der Waals surface area contributed by atoms with Crippen LogP contribution in [0, 0.1) is 0 Å². The predicted molar refractivity (Wildman–Crippen MR) is 93.4 cm³/mol. The fourth-order valence-electron chi connectivity index (χ4n) is 2.04. The summed E-state index contributed by atoms with van der Waals surface area (Å²) in [4.78, 5) is 14.9. The molecule has 2 nitrogen and oxygen atoms in total. The van der Waals surface area contributed by atoms with Crippen LogP contribution in [0.4, 0.5) is 0 Å². The Morgan fingerprint density at radius 3 is 2.62 bits per heavy atom. The molecule has 0 aliphatic rings. The highest BCUT2D eigenvalue weighted by molar-refractivity contribution is 9.10. The third-order valence-electron chi connectivity index (χ3n) is 3.42. The first-order valence-electron chi connectivity index (χ1n) is 6.41. The Hall–Kier alpha value is -0.970. The third-order valence-corrected chi connectivity index (χ3v) is 4.52. The van der Waals surface area contributed by atoms with E-state index < -0.39 is 0 Å². The molecule has 21 heavy (non-hydrogen) atoms. The van der Waals surface area contributed by atoms with E-state index in [0.29, 0.717) is 15.5 Å². The van der Waals surface area contributed by atoms with Crippen LogP contribution in [-0.2, 0) is 0 Å². The van der Waals surface area contributed by atoms with Crippen molar-refractivity contribution in [1.82, 2.24) is 4.90 Å². The molecular weight excluding hydrogens is 370 g/mol. The van der Waals surface area contributed by atoms with Crippen LogP contribution in [0.2, 0.25) is 5.02 Å². The summed E-state index contributed by atoms with van der Waals surface area (Å²) in [5, 5.41) is 0.665. The zero-order valence-electron chi connectivity index (χ0n) is 11.7. The molecule has 0 spiro atoms. The first kappa shape index (κ1) is 16.4. The highest BCUT2D eigenvalue weighted by Crippen LogP contribution is 2.26. The maximum atomic E-state index is 12.6. The summed E-state index contributed by atoms with van der Waals surface area (Å²) in [6.07, 6.45) is 0. The lowest BCUT2D eigenvalue weighted by Gasteiger charge is -2.26. The van der Waals surface area contributed by atoms with Crippen molar-refractivity contribution >= 4 is 46.1 Å². The van der Waals surface area contributed by atoms with Crippen molar-refractivity contribution in [3.63, 3.8) is 0 Å². The number of hydrogen-bond acceptors (Lipinski definition) is 2. The lowest BCUT2D eigenvalue weighted by atomic mass is 10.1. The molecule has 0 radical (unpaired) electrons. The SMILES string of the molecule is CC(c1cccc(Cl)c1)N(C)C(=O)c1ccc(Br)cc1S. The number of nitrogens with zero attached hydrogens (tertiary/aromatic N) is 1. The van der Waals surface area contributed by atoms with Gasteiger partial charge in [-0.25, -0.2) is 0 Å². The molecule has 0 fully saturated rings. The van der Waals surface area contributed by atoms with Crippen molar-refractivity contribution in [2.45, 2.75) is 17.9 Å². The summed E-state index contributed by atoms with van der Waals surface area (Å²) >= 11 is 13.8. The second kappa shape index (κ2) is 6.86. The van der Waals surface area contributed by atoms with E-state index >= 15 is 0 Å². The van der Waals surface area contributed by atoms with Gasteiger partial charge in [-0.2, -0.15) is 0 Å². The second-order valence-corrected chi connectivity index (χ2v) is 6.64. The molecule has 2 rings (SSSR count). The van der Waals surface area contributed by atoms with Crippen LogP contribution in [0.3, 0.4) is 0 Å². The van der Waals surface area contributed by atoms with Gasteiger partial charge in [0.1, 0.15) is 0 Å². The number of rotatable bonds is 3. The van der Waals surface area contributed by atoms with Crippen molar-refractivity contribution in [2.75, 3.05) is 7.05 Å². The Kier molecular flexibility index (Phi) is 5.36. The molecular formula is C16H15BrClNOS. The molecule has 1 unspecified atom stereocenters. The number of carbonyl (C=O) groups excluding carboxylic acids is 1. The van der Waals surface area contributed by atoms with E-state index in [4.69, 9.17) is 11.6 Å². The minimum Gasteiger partial charge on any atom is -0.335 e. The lowest BCUT2D eigenvalue weighted by molar-refractivity contribution is 0.0739. The van der Waals surface area contributed by atoms with E-state index in [1.165, 1.54) is 0 Å². The second-order valence-electron chi connectivity index (χ2n) is 4.81. The van der Waals surface area contributed by atoms with E-state index in [9.17, 15) is 4.79 Å². The normalized spacial score (nSPS) is 12.0. The number of benzene rings is 2. The molecule has 2 aromatic carbocycles. The molecule has 1 amide bonds. The average Bonchev–Trinajstić information content (AvgIpc) is 2.45. The number of amides is 1. The van der Waals surface area contributed by atoms with Crippen molar-refractivity contribution in [3.05, 3.63) is 63.1 Å². The molecule has 0 aromatic heterocycles. The van der Waals surface area contributed by atoms with Gasteiger partial charge in [0.25, 0.3) is 5.91 Å². The van der Waals surface area contributed by atoms with Crippen LogP contribution in [0.5, 0.6) is 0 Å². The number of halogens is 2. The van der Waals surface area contributed by atoms with E-state index in [2.05, 4.69) is 28.6 Å². The Morgan fingerprint density at radius 1 is 1.29 bits per heavy atom. The van der Waals surface area contributed by atoms with Crippen molar-refractivity contribution in [2.24, 2.45) is 0 Å². The molecule has 0 saturated heterocycles. The molecule has 0 bridgehead atoms. The van der Waals surface area contributed by atoms with E-state index in [-0.39, 0.29) is 11.9 Å². The van der Waals surface area contributed by atoms with Gasteiger partial charge in [-0.1, -0.05) is 39.7 Å². The van der Waals surface area contributed by atoms with Crippen molar-refractivity contribution in [3.8, 4) is 0 Å². The van der Waals surface area contributed by atoms with Crippen LogP contribution in [0.1, 0.15) is 28.9 Å². The molecule has 0 aliphatic carbocycles. The maximum absolute atomic E-state index is 12.6. The topological polar surface area (TPSA) is 20.3 Å². The highest BCUT2D eigenvalue weighted by atomic mass is 79.9. The van der Waals surface area contributed by atoms with Gasteiger partial charge in [0.05, 0.1) is 11.6 Å². The van der Waals surface area contributed by atoms with Gasteiger partial charge in [0.2, 0.25) is 0 Å². The summed E-state index contributed by atoms with van der Waals surface area (Å²) < 4.78 is 0.898. The van der Waals surface area contributed by atoms with Gasteiger partial charge >= 0.3 is 0 Å². The Morgan fingerprint density at radius 2 is 2.00 bits per heavy atom. The van der Waals surface area contributed by atoms with Crippen LogP contribution in [-0.4, -0.2) is 17.9 Å². The molecule has 0 aliphatic heterocycles. The minimum atomic E-state index is -0.0763. The van der Waals surface area contributed by atoms with E-state index in [1.807, 2.05) is 43.3 Å². The first-order chi connectivity index (χ1) is 9.90. The molecule has 0 saturated carbocycles. The summed E-state index contributed by atoms with van der Waals surface area (Å²) in [6, 6.07) is 12.9. The van der Waals surface area contributed by atoms with Crippen LogP contribution in [0.25, 0.3) is 0 Å². The van der Waals surface area contributed by atoms with Crippen LogP contribution < -0.4 is 0 Å². The zero-order chi connectivity index (χ0) is 15.6. The predicted octanol–water partition coefficient (Wildman–Crippen LogP) is 5.22. The quantitative estimate of drug-likeness (QED) is 0.719. The number of carbonyl (C=O) groups is 1. The summed E-state index contributed by atoms with van der Waals surface area (Å²) in [6.45, 7) is 1.97. The monoisotopic (exact) mass is 383 g/mol. The minimum absolute atomic E-state index is 0.0695. The van der Waals surface area contributed by atoms with Crippen LogP contribution in [0.15, 0.2) is 51.8 Å². The van der Waals surface area contributed by atoms with Gasteiger partial charge < -0.3 is 4.90 Å². The standard InChI is InChI=1S/C16H15BrClNOS/c1-10(11-4-3-5-13(18)8-11)19(2)16(20)14-7-6-12(17)9-15(14)21/h3-10,21H,1-2H3. The molecule has 110 valence electrons. The summed E-state index contributed by atoms with van der Waals surface area (Å²) in [7, 11) is 1.78. The maximum Gasteiger partial charge on any atom is 0.255 e. The Balaban J connectivity index is 2.26. The molecule has 5 heteroatoms. The zero-order valence-corrected chi connectivity index (χ0v) is 14.9. The van der Waals surface area contributed by atoms with E-state index in [1.54, 1.807) is 18.0 Å². The largest absolute Gasteiger partial charge is 0.335 e. The third kappa shape index (κ3) is 3.82. The Bertz CT molecular complexity index is 677. The molecule has 0 N–H and O–H groups in total. The van der Waals surface area contributed by atoms with Crippen LogP contribution >= 0.6 is 40.2 Å². The van der Waals surface area contributed by atoms with Crippen molar-refractivity contribution in [1.29, 1.82) is 0 Å². The molecule has 2 aromatic rings. The molecule has 1 atom stereocenters. The lowest BCUT2D eigenvalue weighted by Crippen LogP contribution is -2.30. The van der Waals surface area contributed by atoms with Gasteiger partial charge in [0, 0.05) is 21.4 Å². The van der Waals surface area contributed by atoms with E-state index in [0.717, 1.165) is 10.0 Å². The average molecular weight is 385 g/mol. The van der Waals surface area contributed by atoms with Gasteiger partial charge in [0.15, 0.2) is 0 Å². The fourth-order valence-corrected chi connectivity index (χ4v) is 3.09. The number of thiol groups is 1. The highest BCUT2D eigenvalue weighted by Gasteiger charge is 2.20. The Labute approximate surface area is 143 Å². The smallest absolute Gasteiger partial charge is 0.255 e. The molecule has 0 heterocycles. The summed E-state index contributed by atoms with van der Waals surface area (Å²) in [5.41, 5.74) is 1.58. The van der Waals surface area contributed by atoms with Gasteiger partial charge in [-0.15, -0.1) is 12.6 Å². The fraction of sp³-hybridized carbons (Fsp3) is 0.188.